The van der Waals surface area contributed by atoms with Crippen molar-refractivity contribution in [2.75, 3.05) is 23.3 Å². The monoisotopic (exact) mass is 359 g/mol. The standard InChI is InChI=1S/C21H21N5O/c27-21(25-18-7-4-10-22-14-18)17-8-11-26(12-9-17)20-13-19(23-15-24-20)16-5-2-1-3-6-16/h1-7,10,13-15,17H,8-9,11-12H2,(H,25,27). The van der Waals surface area contributed by atoms with Crippen molar-refractivity contribution in [2.45, 2.75) is 12.8 Å². The van der Waals surface area contributed by atoms with E-state index in [1.165, 1.54) is 0 Å². The molecule has 0 radical (unpaired) electrons. The van der Waals surface area contributed by atoms with Crippen LogP contribution in [0, 0.1) is 5.92 Å². The first-order valence-electron chi connectivity index (χ1n) is 9.13. The van der Waals surface area contributed by atoms with Gasteiger partial charge in [-0.2, -0.15) is 0 Å². The quantitative estimate of drug-likeness (QED) is 0.773. The van der Waals surface area contributed by atoms with Crippen molar-refractivity contribution in [1.29, 1.82) is 0 Å². The first kappa shape index (κ1) is 17.1. The van der Waals surface area contributed by atoms with Crippen molar-refractivity contribution in [2.24, 2.45) is 5.92 Å². The van der Waals surface area contributed by atoms with Gasteiger partial charge in [-0.1, -0.05) is 30.3 Å². The Balaban J connectivity index is 1.39. The van der Waals surface area contributed by atoms with Gasteiger partial charge in [-0.25, -0.2) is 9.97 Å². The highest BCUT2D eigenvalue weighted by Crippen LogP contribution is 2.25. The van der Waals surface area contributed by atoms with Gasteiger partial charge in [-0.15, -0.1) is 0 Å². The van der Waals surface area contributed by atoms with E-state index in [9.17, 15) is 4.79 Å². The minimum atomic E-state index is 0.0110. The molecule has 1 aliphatic heterocycles. The van der Waals surface area contributed by atoms with E-state index < -0.39 is 0 Å². The molecule has 0 spiro atoms. The van der Waals surface area contributed by atoms with Gasteiger partial charge in [-0.05, 0) is 25.0 Å². The van der Waals surface area contributed by atoms with Crippen LogP contribution in [-0.4, -0.2) is 33.9 Å². The van der Waals surface area contributed by atoms with Crippen molar-refractivity contribution in [1.82, 2.24) is 15.0 Å². The van der Waals surface area contributed by atoms with Crippen LogP contribution in [0.1, 0.15) is 12.8 Å². The Morgan fingerprint density at radius 3 is 2.59 bits per heavy atom. The predicted molar refractivity (Wildman–Crippen MR) is 105 cm³/mol. The van der Waals surface area contributed by atoms with Crippen molar-refractivity contribution in [3.05, 3.63) is 67.3 Å². The van der Waals surface area contributed by atoms with Gasteiger partial charge in [0.25, 0.3) is 0 Å². The fourth-order valence-electron chi connectivity index (χ4n) is 3.34. The topological polar surface area (TPSA) is 71.0 Å². The number of piperidine rings is 1. The molecule has 0 saturated carbocycles. The Kier molecular flexibility index (Phi) is 5.05. The number of carbonyl (C=O) groups excluding carboxylic acids is 1. The van der Waals surface area contributed by atoms with E-state index in [0.717, 1.165) is 48.7 Å². The zero-order chi connectivity index (χ0) is 18.5. The van der Waals surface area contributed by atoms with Crippen molar-refractivity contribution < 1.29 is 4.79 Å². The van der Waals surface area contributed by atoms with Gasteiger partial charge in [-0.3, -0.25) is 9.78 Å². The summed E-state index contributed by atoms with van der Waals surface area (Å²) in [5.74, 6) is 0.988. The highest BCUT2D eigenvalue weighted by Gasteiger charge is 2.26. The van der Waals surface area contributed by atoms with E-state index in [1.54, 1.807) is 18.7 Å². The summed E-state index contributed by atoms with van der Waals surface area (Å²) in [5.41, 5.74) is 2.73. The number of carbonyl (C=O) groups is 1. The van der Waals surface area contributed by atoms with E-state index in [1.807, 2.05) is 48.5 Å². The lowest BCUT2D eigenvalue weighted by Crippen LogP contribution is -2.38. The number of aromatic nitrogens is 3. The number of benzene rings is 1. The first-order chi connectivity index (χ1) is 13.3. The summed E-state index contributed by atoms with van der Waals surface area (Å²) in [5, 5.41) is 2.95. The molecular weight excluding hydrogens is 338 g/mol. The minimum absolute atomic E-state index is 0.0110. The molecule has 1 aliphatic rings. The van der Waals surface area contributed by atoms with Crippen LogP contribution < -0.4 is 10.2 Å². The number of pyridine rings is 1. The van der Waals surface area contributed by atoms with Crippen LogP contribution in [0.3, 0.4) is 0 Å². The van der Waals surface area contributed by atoms with Crippen LogP contribution in [-0.2, 0) is 4.79 Å². The molecule has 136 valence electrons. The zero-order valence-electron chi connectivity index (χ0n) is 15.0. The number of nitrogens with one attached hydrogen (secondary N) is 1. The Hall–Kier alpha value is -3.28. The largest absolute Gasteiger partial charge is 0.356 e. The Bertz CT molecular complexity index is 893. The molecule has 3 aromatic rings. The second-order valence-corrected chi connectivity index (χ2v) is 6.62. The summed E-state index contributed by atoms with van der Waals surface area (Å²) in [6.45, 7) is 1.60. The molecular formula is C21H21N5O. The van der Waals surface area contributed by atoms with Gasteiger partial charge in [0.15, 0.2) is 0 Å². The molecule has 3 heterocycles. The predicted octanol–water partition coefficient (Wildman–Crippen LogP) is 3.39. The number of amides is 1. The number of hydrogen-bond donors (Lipinski definition) is 1. The summed E-state index contributed by atoms with van der Waals surface area (Å²) in [7, 11) is 0. The lowest BCUT2D eigenvalue weighted by Gasteiger charge is -2.32. The third-order valence-corrected chi connectivity index (χ3v) is 4.84. The van der Waals surface area contributed by atoms with Gasteiger partial charge >= 0.3 is 0 Å². The van der Waals surface area contributed by atoms with Gasteiger partial charge in [0.1, 0.15) is 12.1 Å². The average Bonchev–Trinajstić information content (AvgIpc) is 2.75. The summed E-state index contributed by atoms with van der Waals surface area (Å²) in [4.78, 5) is 27.5. The molecule has 0 aliphatic carbocycles. The number of nitrogens with zero attached hydrogens (tertiary/aromatic N) is 4. The molecule has 4 rings (SSSR count). The molecule has 0 bridgehead atoms. The van der Waals surface area contributed by atoms with Crippen LogP contribution >= 0.6 is 0 Å². The van der Waals surface area contributed by atoms with Gasteiger partial charge < -0.3 is 10.2 Å². The SMILES string of the molecule is O=C(Nc1cccnc1)C1CCN(c2cc(-c3ccccc3)ncn2)CC1. The number of rotatable bonds is 4. The van der Waals surface area contributed by atoms with Gasteiger partial charge in [0, 0.05) is 36.8 Å². The number of hydrogen-bond acceptors (Lipinski definition) is 5. The molecule has 0 atom stereocenters. The highest BCUT2D eigenvalue weighted by atomic mass is 16.1. The van der Waals surface area contributed by atoms with Crippen LogP contribution in [0.25, 0.3) is 11.3 Å². The third-order valence-electron chi connectivity index (χ3n) is 4.84. The lowest BCUT2D eigenvalue weighted by atomic mass is 9.95. The van der Waals surface area contributed by atoms with E-state index in [4.69, 9.17) is 0 Å². The molecule has 1 saturated heterocycles. The highest BCUT2D eigenvalue weighted by molar-refractivity contribution is 5.92. The molecule has 2 aromatic heterocycles. The summed E-state index contributed by atoms with van der Waals surface area (Å²) in [6, 6.07) is 15.8. The van der Waals surface area contributed by atoms with E-state index in [2.05, 4.69) is 25.2 Å². The Morgan fingerprint density at radius 2 is 1.85 bits per heavy atom. The summed E-state index contributed by atoms with van der Waals surface area (Å²) >= 11 is 0. The Morgan fingerprint density at radius 1 is 1.04 bits per heavy atom. The zero-order valence-corrected chi connectivity index (χ0v) is 15.0. The lowest BCUT2D eigenvalue weighted by molar-refractivity contribution is -0.120. The van der Waals surface area contributed by atoms with Gasteiger partial charge in [0.05, 0.1) is 17.6 Å². The molecule has 0 unspecified atom stereocenters. The molecule has 1 amide bonds. The summed E-state index contributed by atoms with van der Waals surface area (Å²) in [6.07, 6.45) is 6.57. The molecule has 6 nitrogen and oxygen atoms in total. The smallest absolute Gasteiger partial charge is 0.227 e. The van der Waals surface area contributed by atoms with E-state index >= 15 is 0 Å². The molecule has 1 aromatic carbocycles. The fraction of sp³-hybridized carbons (Fsp3) is 0.238. The normalized spacial score (nSPS) is 14.7. The third kappa shape index (κ3) is 4.11. The minimum Gasteiger partial charge on any atom is -0.356 e. The Labute approximate surface area is 158 Å². The van der Waals surface area contributed by atoms with Crippen molar-refractivity contribution >= 4 is 17.4 Å². The first-order valence-corrected chi connectivity index (χ1v) is 9.13. The molecule has 27 heavy (non-hydrogen) atoms. The van der Waals surface area contributed by atoms with Crippen LogP contribution in [0.15, 0.2) is 67.3 Å². The maximum absolute atomic E-state index is 12.5. The second kappa shape index (κ2) is 7.95. The van der Waals surface area contributed by atoms with Crippen LogP contribution in [0.2, 0.25) is 0 Å². The van der Waals surface area contributed by atoms with Crippen LogP contribution in [0.4, 0.5) is 11.5 Å². The second-order valence-electron chi connectivity index (χ2n) is 6.62. The molecule has 1 N–H and O–H groups in total. The van der Waals surface area contributed by atoms with E-state index in [-0.39, 0.29) is 11.8 Å². The summed E-state index contributed by atoms with van der Waals surface area (Å²) < 4.78 is 0. The maximum atomic E-state index is 12.5. The number of anilines is 2. The fourth-order valence-corrected chi connectivity index (χ4v) is 3.34. The van der Waals surface area contributed by atoms with E-state index in [0.29, 0.717) is 0 Å². The van der Waals surface area contributed by atoms with Crippen LogP contribution in [0.5, 0.6) is 0 Å². The average molecular weight is 359 g/mol. The molecule has 6 heteroatoms. The van der Waals surface area contributed by atoms with Crippen molar-refractivity contribution in [3.63, 3.8) is 0 Å². The van der Waals surface area contributed by atoms with Gasteiger partial charge in [0.2, 0.25) is 5.91 Å². The van der Waals surface area contributed by atoms with Crippen molar-refractivity contribution in [3.8, 4) is 11.3 Å². The maximum Gasteiger partial charge on any atom is 0.227 e. The molecule has 1 fully saturated rings.